The third-order valence-electron chi connectivity index (χ3n) is 3.53. The van der Waals surface area contributed by atoms with Crippen LogP contribution in [0.1, 0.15) is 35.3 Å². The van der Waals surface area contributed by atoms with Gasteiger partial charge in [0.05, 0.1) is 23.1 Å². The van der Waals surface area contributed by atoms with Crippen LogP contribution in [-0.4, -0.2) is 21.0 Å². The topological polar surface area (TPSA) is 78.0 Å². The average Bonchev–Trinajstić information content (AvgIpc) is 3.02. The molecule has 0 atom stereocenters. The molecule has 24 heavy (non-hydrogen) atoms. The number of aromatic amines is 1. The summed E-state index contributed by atoms with van der Waals surface area (Å²) in [6.07, 6.45) is 1.33. The average molecular weight is 329 g/mol. The number of nitrogens with zero attached hydrogens (tertiary/aromatic N) is 1. The predicted molar refractivity (Wildman–Crippen MR) is 93.6 cm³/mol. The monoisotopic (exact) mass is 329 g/mol. The molecule has 0 aliphatic heterocycles. The minimum Gasteiger partial charge on any atom is -0.478 e. The molecule has 0 saturated heterocycles. The number of aromatic nitrogens is 2. The van der Waals surface area contributed by atoms with E-state index in [1.54, 1.807) is 6.07 Å². The van der Waals surface area contributed by atoms with Crippen molar-refractivity contribution in [2.75, 3.05) is 5.32 Å². The molecule has 2 aromatic carbocycles. The van der Waals surface area contributed by atoms with Gasteiger partial charge in [0, 0.05) is 5.69 Å². The van der Waals surface area contributed by atoms with E-state index in [4.69, 9.17) is 0 Å². The molecular weight excluding hydrogens is 309 g/mol. The third kappa shape index (κ3) is 3.22. The maximum Gasteiger partial charge on any atom is 0.338 e. The molecule has 0 spiro atoms. The van der Waals surface area contributed by atoms with Crippen LogP contribution in [0.2, 0.25) is 0 Å². The van der Waals surface area contributed by atoms with Crippen LogP contribution in [0.3, 0.4) is 0 Å². The van der Waals surface area contributed by atoms with E-state index in [0.29, 0.717) is 11.2 Å². The van der Waals surface area contributed by atoms with Crippen LogP contribution in [0, 0.1) is 19.7 Å². The minimum absolute atomic E-state index is 0.0842. The molecule has 0 saturated carbocycles. The highest BCUT2D eigenvalue weighted by Gasteiger charge is 2.20. The summed E-state index contributed by atoms with van der Waals surface area (Å²) in [6, 6.07) is 6.98. The van der Waals surface area contributed by atoms with Crippen molar-refractivity contribution in [3.8, 4) is 0 Å². The first-order valence-electron chi connectivity index (χ1n) is 7.70. The number of aromatic carboxylic acids is 1. The molecule has 3 N–H and O–H groups in total. The van der Waals surface area contributed by atoms with Gasteiger partial charge in [0.25, 0.3) is 0 Å². The van der Waals surface area contributed by atoms with Crippen LogP contribution in [0.4, 0.5) is 15.8 Å². The second-order valence-corrected chi connectivity index (χ2v) is 5.16. The standard InChI is InChI=1S/C16H14FN3O2.C2H6/c1-8-3-4-11(9(2)5-8)20-14-10(16(21)22)6-12-15(13(14)17)19-7-18-12;1-2/h3-7,20H,1-2H3,(H,18,19)(H,21,22);1-2H3. The van der Waals surface area contributed by atoms with Crippen molar-refractivity contribution in [3.05, 3.63) is 53.1 Å². The SMILES string of the molecule is CC.Cc1ccc(Nc2c(C(=O)O)cc3[nH]cnc3c2F)c(C)c1. The van der Waals surface area contributed by atoms with Gasteiger partial charge in [-0.3, -0.25) is 0 Å². The smallest absolute Gasteiger partial charge is 0.338 e. The molecule has 0 bridgehead atoms. The van der Waals surface area contributed by atoms with Crippen LogP contribution in [0.15, 0.2) is 30.6 Å². The van der Waals surface area contributed by atoms with Crippen LogP contribution in [-0.2, 0) is 0 Å². The van der Waals surface area contributed by atoms with Crippen molar-refractivity contribution in [2.24, 2.45) is 0 Å². The zero-order valence-corrected chi connectivity index (χ0v) is 14.1. The van der Waals surface area contributed by atoms with Crippen molar-refractivity contribution in [2.45, 2.75) is 27.7 Å². The first-order chi connectivity index (χ1) is 11.5. The van der Waals surface area contributed by atoms with E-state index in [-0.39, 0.29) is 16.8 Å². The van der Waals surface area contributed by atoms with E-state index in [9.17, 15) is 14.3 Å². The molecule has 0 aliphatic rings. The van der Waals surface area contributed by atoms with E-state index in [2.05, 4.69) is 15.3 Å². The summed E-state index contributed by atoms with van der Waals surface area (Å²) in [6.45, 7) is 7.83. The van der Waals surface area contributed by atoms with Gasteiger partial charge in [-0.05, 0) is 31.5 Å². The van der Waals surface area contributed by atoms with Gasteiger partial charge in [0.1, 0.15) is 5.52 Å². The van der Waals surface area contributed by atoms with Crippen molar-refractivity contribution in [3.63, 3.8) is 0 Å². The molecular formula is C18H20FN3O2. The van der Waals surface area contributed by atoms with Crippen molar-refractivity contribution in [1.82, 2.24) is 9.97 Å². The summed E-state index contributed by atoms with van der Waals surface area (Å²) in [5.41, 5.74) is 2.86. The fraction of sp³-hybridized carbons (Fsp3) is 0.222. The summed E-state index contributed by atoms with van der Waals surface area (Å²) < 4.78 is 14.6. The lowest BCUT2D eigenvalue weighted by Crippen LogP contribution is -2.06. The van der Waals surface area contributed by atoms with E-state index in [1.165, 1.54) is 12.4 Å². The van der Waals surface area contributed by atoms with E-state index in [1.807, 2.05) is 39.8 Å². The maximum absolute atomic E-state index is 14.6. The number of fused-ring (bicyclic) bond motifs is 1. The Morgan fingerprint density at radius 2 is 1.96 bits per heavy atom. The number of aryl methyl sites for hydroxylation is 2. The molecule has 0 fully saturated rings. The zero-order valence-electron chi connectivity index (χ0n) is 14.1. The van der Waals surface area contributed by atoms with Gasteiger partial charge < -0.3 is 15.4 Å². The molecule has 1 heterocycles. The summed E-state index contributed by atoms with van der Waals surface area (Å²) in [5.74, 6) is -1.89. The van der Waals surface area contributed by atoms with Crippen molar-refractivity contribution < 1.29 is 14.3 Å². The van der Waals surface area contributed by atoms with Crippen LogP contribution >= 0.6 is 0 Å². The first kappa shape index (κ1) is 17.5. The molecule has 6 heteroatoms. The van der Waals surface area contributed by atoms with Gasteiger partial charge in [0.2, 0.25) is 0 Å². The van der Waals surface area contributed by atoms with Crippen LogP contribution < -0.4 is 5.32 Å². The second-order valence-electron chi connectivity index (χ2n) is 5.16. The zero-order chi connectivity index (χ0) is 17.9. The number of hydrogen-bond donors (Lipinski definition) is 3. The highest BCUT2D eigenvalue weighted by atomic mass is 19.1. The van der Waals surface area contributed by atoms with Gasteiger partial charge in [-0.15, -0.1) is 0 Å². The Kier molecular flexibility index (Phi) is 5.18. The van der Waals surface area contributed by atoms with Gasteiger partial charge >= 0.3 is 5.97 Å². The number of anilines is 2. The van der Waals surface area contributed by atoms with Crippen LogP contribution in [0.25, 0.3) is 11.0 Å². The number of imidazole rings is 1. The van der Waals surface area contributed by atoms with Crippen LogP contribution in [0.5, 0.6) is 0 Å². The summed E-state index contributed by atoms with van der Waals surface area (Å²) >= 11 is 0. The normalized spacial score (nSPS) is 10.2. The Morgan fingerprint density at radius 1 is 1.25 bits per heavy atom. The Balaban J connectivity index is 0.00000100. The number of carboxylic acid groups (broad SMARTS) is 1. The lowest BCUT2D eigenvalue weighted by atomic mass is 10.1. The summed E-state index contributed by atoms with van der Waals surface area (Å²) in [5, 5.41) is 12.2. The molecule has 0 unspecified atom stereocenters. The Morgan fingerprint density at radius 3 is 2.58 bits per heavy atom. The quantitative estimate of drug-likeness (QED) is 0.646. The molecule has 0 amide bonds. The summed E-state index contributed by atoms with van der Waals surface area (Å²) in [4.78, 5) is 18.0. The Hall–Kier alpha value is -2.89. The number of H-pyrrole nitrogens is 1. The molecule has 3 aromatic rings. The molecule has 0 radical (unpaired) electrons. The number of hydrogen-bond acceptors (Lipinski definition) is 3. The highest BCUT2D eigenvalue weighted by molar-refractivity contribution is 6.00. The number of rotatable bonds is 3. The van der Waals surface area contributed by atoms with Gasteiger partial charge in [-0.25, -0.2) is 14.2 Å². The van der Waals surface area contributed by atoms with Crippen molar-refractivity contribution >= 4 is 28.4 Å². The van der Waals surface area contributed by atoms with E-state index < -0.39 is 11.8 Å². The second kappa shape index (κ2) is 7.12. The van der Waals surface area contributed by atoms with E-state index in [0.717, 1.165) is 11.1 Å². The lowest BCUT2D eigenvalue weighted by molar-refractivity contribution is 0.0697. The molecule has 3 rings (SSSR count). The van der Waals surface area contributed by atoms with Gasteiger partial charge in [-0.2, -0.15) is 0 Å². The third-order valence-corrected chi connectivity index (χ3v) is 3.53. The molecule has 126 valence electrons. The van der Waals surface area contributed by atoms with E-state index >= 15 is 0 Å². The Bertz CT molecular complexity index is 887. The predicted octanol–water partition coefficient (Wildman–Crippen LogP) is 4.79. The molecule has 1 aromatic heterocycles. The largest absolute Gasteiger partial charge is 0.478 e. The maximum atomic E-state index is 14.6. The number of halogens is 1. The highest BCUT2D eigenvalue weighted by Crippen LogP contribution is 2.31. The fourth-order valence-electron chi connectivity index (χ4n) is 2.42. The Labute approximate surface area is 139 Å². The summed E-state index contributed by atoms with van der Waals surface area (Å²) in [7, 11) is 0. The minimum atomic E-state index is -1.21. The molecule has 5 nitrogen and oxygen atoms in total. The fourth-order valence-corrected chi connectivity index (χ4v) is 2.42. The number of carboxylic acids is 1. The van der Waals surface area contributed by atoms with Gasteiger partial charge in [0.15, 0.2) is 5.82 Å². The van der Waals surface area contributed by atoms with Gasteiger partial charge in [-0.1, -0.05) is 31.5 Å². The van der Waals surface area contributed by atoms with Crippen molar-refractivity contribution in [1.29, 1.82) is 0 Å². The number of nitrogens with one attached hydrogen (secondary N) is 2. The number of carbonyl (C=O) groups is 1. The first-order valence-corrected chi connectivity index (χ1v) is 7.70. The lowest BCUT2D eigenvalue weighted by Gasteiger charge is -2.13. The number of benzene rings is 2. The molecule has 0 aliphatic carbocycles.